The highest BCUT2D eigenvalue weighted by Crippen LogP contribution is 2.23. The Morgan fingerprint density at radius 2 is 2.16 bits per heavy atom. The number of carbonyl (C=O) groups is 1. The van der Waals surface area contributed by atoms with Gasteiger partial charge in [-0.25, -0.2) is 0 Å². The van der Waals surface area contributed by atoms with Gasteiger partial charge in [0.2, 0.25) is 5.91 Å². The van der Waals surface area contributed by atoms with Crippen molar-refractivity contribution in [2.45, 2.75) is 31.7 Å². The number of amides is 1. The third kappa shape index (κ3) is 3.47. The molecule has 1 aromatic rings. The summed E-state index contributed by atoms with van der Waals surface area (Å²) in [7, 11) is 1.65. The summed E-state index contributed by atoms with van der Waals surface area (Å²) in [5, 5.41) is 0. The molecule has 0 unspecified atom stereocenters. The highest BCUT2D eigenvalue weighted by molar-refractivity contribution is 5.77. The summed E-state index contributed by atoms with van der Waals surface area (Å²) in [6.45, 7) is 3.58. The first-order chi connectivity index (χ1) is 9.10. The molecule has 2 N–H and O–H groups in total. The fourth-order valence-corrected chi connectivity index (χ4v) is 2.46. The van der Waals surface area contributed by atoms with Crippen molar-refractivity contribution in [3.63, 3.8) is 0 Å². The van der Waals surface area contributed by atoms with Crippen molar-refractivity contribution in [1.29, 1.82) is 0 Å². The first-order valence-corrected chi connectivity index (χ1v) is 6.77. The van der Waals surface area contributed by atoms with Crippen LogP contribution in [-0.4, -0.2) is 37.0 Å². The second-order valence-corrected chi connectivity index (χ2v) is 5.27. The number of likely N-dealkylation sites (tertiary alicyclic amines) is 1. The predicted octanol–water partition coefficient (Wildman–Crippen LogP) is 1.75. The molecule has 0 radical (unpaired) electrons. The monoisotopic (exact) mass is 262 g/mol. The summed E-state index contributed by atoms with van der Waals surface area (Å²) in [5.41, 5.74) is 6.99. The van der Waals surface area contributed by atoms with Crippen LogP contribution in [0.1, 0.15) is 31.2 Å². The van der Waals surface area contributed by atoms with Gasteiger partial charge in [0.05, 0.1) is 7.11 Å². The van der Waals surface area contributed by atoms with Crippen molar-refractivity contribution in [2.75, 3.05) is 20.2 Å². The van der Waals surface area contributed by atoms with Crippen LogP contribution in [0.15, 0.2) is 24.3 Å². The quantitative estimate of drug-likeness (QED) is 0.899. The molecule has 1 aliphatic rings. The summed E-state index contributed by atoms with van der Waals surface area (Å²) >= 11 is 0. The van der Waals surface area contributed by atoms with E-state index in [2.05, 4.69) is 6.92 Å². The van der Waals surface area contributed by atoms with Crippen LogP contribution in [-0.2, 0) is 4.79 Å². The van der Waals surface area contributed by atoms with E-state index in [0.29, 0.717) is 13.0 Å². The topological polar surface area (TPSA) is 55.6 Å². The average molecular weight is 262 g/mol. The maximum Gasteiger partial charge on any atom is 0.223 e. The molecule has 4 nitrogen and oxygen atoms in total. The maximum atomic E-state index is 12.1. The van der Waals surface area contributed by atoms with Gasteiger partial charge in [-0.15, -0.1) is 0 Å². The maximum absolute atomic E-state index is 12.1. The lowest BCUT2D eigenvalue weighted by Gasteiger charge is -2.19. The van der Waals surface area contributed by atoms with Gasteiger partial charge in [-0.3, -0.25) is 4.79 Å². The standard InChI is InChI=1S/C15H22N2O2/c1-11(12-3-5-14(19-2)6-4-12)9-15(18)17-8-7-13(16)10-17/h3-6,11,13H,7-10,16H2,1-2H3/t11-,13+/m0/s1. The lowest BCUT2D eigenvalue weighted by molar-refractivity contribution is -0.130. The van der Waals surface area contributed by atoms with Crippen molar-refractivity contribution in [1.82, 2.24) is 4.90 Å². The van der Waals surface area contributed by atoms with Crippen LogP contribution < -0.4 is 10.5 Å². The van der Waals surface area contributed by atoms with E-state index in [0.717, 1.165) is 24.3 Å². The minimum Gasteiger partial charge on any atom is -0.497 e. The van der Waals surface area contributed by atoms with E-state index in [1.165, 1.54) is 0 Å². The number of carbonyl (C=O) groups excluding carboxylic acids is 1. The first kappa shape index (κ1) is 13.9. The van der Waals surface area contributed by atoms with Crippen molar-refractivity contribution < 1.29 is 9.53 Å². The third-order valence-corrected chi connectivity index (χ3v) is 3.74. The SMILES string of the molecule is COc1ccc([C@@H](C)CC(=O)N2CC[C@@H](N)C2)cc1. The number of hydrogen-bond acceptors (Lipinski definition) is 3. The van der Waals surface area contributed by atoms with Crippen molar-refractivity contribution in [3.8, 4) is 5.75 Å². The fraction of sp³-hybridized carbons (Fsp3) is 0.533. The van der Waals surface area contributed by atoms with Crippen molar-refractivity contribution in [3.05, 3.63) is 29.8 Å². The Bertz CT molecular complexity index is 430. The molecule has 0 aromatic heterocycles. The highest BCUT2D eigenvalue weighted by Gasteiger charge is 2.24. The van der Waals surface area contributed by atoms with Gasteiger partial charge in [-0.2, -0.15) is 0 Å². The highest BCUT2D eigenvalue weighted by atomic mass is 16.5. The Kier molecular flexibility index (Phi) is 4.43. The van der Waals surface area contributed by atoms with Gasteiger partial charge in [0.1, 0.15) is 5.75 Å². The molecular weight excluding hydrogens is 240 g/mol. The van der Waals surface area contributed by atoms with E-state index >= 15 is 0 Å². The van der Waals surface area contributed by atoms with Gasteiger partial charge in [0.15, 0.2) is 0 Å². The zero-order valence-corrected chi connectivity index (χ0v) is 11.6. The largest absolute Gasteiger partial charge is 0.497 e. The van der Waals surface area contributed by atoms with Gasteiger partial charge in [0.25, 0.3) is 0 Å². The van der Waals surface area contributed by atoms with Gasteiger partial charge >= 0.3 is 0 Å². The molecule has 4 heteroatoms. The molecule has 104 valence electrons. The summed E-state index contributed by atoms with van der Waals surface area (Å²) in [6.07, 6.45) is 1.46. The minimum atomic E-state index is 0.153. The molecule has 1 aromatic carbocycles. The van der Waals surface area contributed by atoms with Gasteiger partial charge in [0, 0.05) is 25.6 Å². The van der Waals surface area contributed by atoms with Crippen LogP contribution in [0.3, 0.4) is 0 Å². The third-order valence-electron chi connectivity index (χ3n) is 3.74. The molecule has 1 amide bonds. The van der Waals surface area contributed by atoms with Gasteiger partial charge in [-0.05, 0) is 30.0 Å². The molecule has 0 aliphatic carbocycles. The molecule has 1 aliphatic heterocycles. The zero-order valence-electron chi connectivity index (χ0n) is 11.6. The number of hydrogen-bond donors (Lipinski definition) is 1. The fourth-order valence-electron chi connectivity index (χ4n) is 2.46. The normalized spacial score (nSPS) is 20.4. The lowest BCUT2D eigenvalue weighted by atomic mass is 9.97. The van der Waals surface area contributed by atoms with Crippen LogP contribution in [0.5, 0.6) is 5.75 Å². The Balaban J connectivity index is 1.92. The Morgan fingerprint density at radius 3 is 2.68 bits per heavy atom. The average Bonchev–Trinajstić information content (AvgIpc) is 2.85. The molecular formula is C15H22N2O2. The summed E-state index contributed by atoms with van der Waals surface area (Å²) in [4.78, 5) is 14.0. The predicted molar refractivity (Wildman–Crippen MR) is 75.2 cm³/mol. The summed E-state index contributed by atoms with van der Waals surface area (Å²) < 4.78 is 5.13. The summed E-state index contributed by atoms with van der Waals surface area (Å²) in [6, 6.07) is 8.06. The second-order valence-electron chi connectivity index (χ2n) is 5.27. The Morgan fingerprint density at radius 1 is 1.47 bits per heavy atom. The van der Waals surface area contributed by atoms with E-state index in [-0.39, 0.29) is 17.9 Å². The molecule has 1 heterocycles. The number of nitrogens with zero attached hydrogens (tertiary/aromatic N) is 1. The zero-order chi connectivity index (χ0) is 13.8. The minimum absolute atomic E-state index is 0.153. The van der Waals surface area contributed by atoms with Crippen LogP contribution in [0.2, 0.25) is 0 Å². The van der Waals surface area contributed by atoms with Crippen LogP contribution in [0.4, 0.5) is 0 Å². The smallest absolute Gasteiger partial charge is 0.223 e. The van der Waals surface area contributed by atoms with Crippen LogP contribution >= 0.6 is 0 Å². The van der Waals surface area contributed by atoms with E-state index in [1.807, 2.05) is 29.2 Å². The van der Waals surface area contributed by atoms with E-state index in [4.69, 9.17) is 10.5 Å². The van der Waals surface area contributed by atoms with Crippen LogP contribution in [0.25, 0.3) is 0 Å². The van der Waals surface area contributed by atoms with Gasteiger partial charge in [-0.1, -0.05) is 19.1 Å². The number of rotatable bonds is 4. The van der Waals surface area contributed by atoms with E-state index in [1.54, 1.807) is 7.11 Å². The van der Waals surface area contributed by atoms with Crippen LogP contribution in [0, 0.1) is 0 Å². The molecule has 1 fully saturated rings. The molecule has 0 bridgehead atoms. The second kappa shape index (κ2) is 6.06. The lowest BCUT2D eigenvalue weighted by Crippen LogP contribution is -2.32. The number of ether oxygens (including phenoxy) is 1. The molecule has 19 heavy (non-hydrogen) atoms. The van der Waals surface area contributed by atoms with Crippen molar-refractivity contribution >= 4 is 5.91 Å². The first-order valence-electron chi connectivity index (χ1n) is 6.77. The van der Waals surface area contributed by atoms with Crippen molar-refractivity contribution in [2.24, 2.45) is 5.73 Å². The van der Waals surface area contributed by atoms with E-state index in [9.17, 15) is 4.79 Å². The van der Waals surface area contributed by atoms with Gasteiger partial charge < -0.3 is 15.4 Å². The Hall–Kier alpha value is -1.55. The molecule has 2 rings (SSSR count). The summed E-state index contributed by atoms with van der Waals surface area (Å²) in [5.74, 6) is 1.26. The molecule has 0 spiro atoms. The number of methoxy groups -OCH3 is 1. The Labute approximate surface area is 114 Å². The molecule has 1 saturated heterocycles. The molecule has 0 saturated carbocycles. The van der Waals surface area contributed by atoms with E-state index < -0.39 is 0 Å². The molecule has 2 atom stereocenters. The number of nitrogens with two attached hydrogens (primary N) is 1. The number of benzene rings is 1.